The molecule has 0 spiro atoms. The lowest BCUT2D eigenvalue weighted by Crippen LogP contribution is -2.15. The number of nitrogens with zero attached hydrogens (tertiary/aromatic N) is 1. The van der Waals surface area contributed by atoms with Crippen molar-refractivity contribution in [3.05, 3.63) is 58.1 Å². The van der Waals surface area contributed by atoms with Gasteiger partial charge in [-0.1, -0.05) is 6.07 Å². The van der Waals surface area contributed by atoms with Crippen LogP contribution in [-0.4, -0.2) is 23.7 Å². The summed E-state index contributed by atoms with van der Waals surface area (Å²) in [6, 6.07) is 12.0. The number of rotatable bonds is 6. The lowest BCUT2D eigenvalue weighted by Gasteiger charge is -2.08. The number of anilines is 1. The molecule has 0 radical (unpaired) electrons. The zero-order chi connectivity index (χ0) is 16.8. The number of thioether (sulfide) groups is 1. The van der Waals surface area contributed by atoms with Crippen LogP contribution in [0.1, 0.15) is 5.56 Å². The van der Waals surface area contributed by atoms with Crippen molar-refractivity contribution in [2.75, 3.05) is 18.2 Å². The molecular formula is C16H16N2O4S. The van der Waals surface area contributed by atoms with Crippen molar-refractivity contribution in [1.29, 1.82) is 0 Å². The van der Waals surface area contributed by atoms with Crippen LogP contribution in [0.25, 0.3) is 0 Å². The lowest BCUT2D eigenvalue weighted by molar-refractivity contribution is -0.385. The van der Waals surface area contributed by atoms with E-state index in [9.17, 15) is 14.9 Å². The first-order valence-corrected chi connectivity index (χ1v) is 7.80. The summed E-state index contributed by atoms with van der Waals surface area (Å²) >= 11 is 1.38. The van der Waals surface area contributed by atoms with Gasteiger partial charge in [0.15, 0.2) is 0 Å². The molecule has 7 heteroatoms. The maximum atomic E-state index is 12.0. The van der Waals surface area contributed by atoms with Gasteiger partial charge in [-0.25, -0.2) is 0 Å². The molecule has 0 saturated heterocycles. The second-order valence-electron chi connectivity index (χ2n) is 4.72. The third kappa shape index (κ3) is 4.46. The fourth-order valence-corrected chi connectivity index (χ4v) is 2.66. The molecule has 0 heterocycles. The standard InChI is InChI=1S/C16H16N2O4S/c1-11-14(4-3-5-15(11)18(20)21)17-16(19)10-23-13-8-6-12(22-2)7-9-13/h3-9H,10H2,1-2H3,(H,17,19). The molecule has 0 fully saturated rings. The number of amides is 1. The normalized spacial score (nSPS) is 10.2. The van der Waals surface area contributed by atoms with E-state index in [2.05, 4.69) is 5.32 Å². The summed E-state index contributed by atoms with van der Waals surface area (Å²) in [5, 5.41) is 13.6. The van der Waals surface area contributed by atoms with E-state index in [1.165, 1.54) is 17.8 Å². The van der Waals surface area contributed by atoms with Crippen LogP contribution in [-0.2, 0) is 4.79 Å². The highest BCUT2D eigenvalue weighted by molar-refractivity contribution is 8.00. The fraction of sp³-hybridized carbons (Fsp3) is 0.188. The number of carbonyl (C=O) groups excluding carboxylic acids is 1. The molecule has 0 bridgehead atoms. The number of nitro benzene ring substituents is 1. The van der Waals surface area contributed by atoms with Crippen molar-refractivity contribution in [3.8, 4) is 5.75 Å². The van der Waals surface area contributed by atoms with Gasteiger partial charge in [-0.15, -0.1) is 11.8 Å². The van der Waals surface area contributed by atoms with Gasteiger partial charge in [0.1, 0.15) is 5.75 Å². The average molecular weight is 332 g/mol. The van der Waals surface area contributed by atoms with Crippen LogP contribution in [0.5, 0.6) is 5.75 Å². The summed E-state index contributed by atoms with van der Waals surface area (Å²) in [5.74, 6) is 0.759. The van der Waals surface area contributed by atoms with Crippen molar-refractivity contribution < 1.29 is 14.5 Å². The lowest BCUT2D eigenvalue weighted by atomic mass is 10.1. The molecule has 1 amide bonds. The highest BCUT2D eigenvalue weighted by Crippen LogP contribution is 2.26. The molecule has 23 heavy (non-hydrogen) atoms. The quantitative estimate of drug-likeness (QED) is 0.496. The molecule has 0 unspecified atom stereocenters. The van der Waals surface area contributed by atoms with Crippen molar-refractivity contribution in [2.45, 2.75) is 11.8 Å². The Morgan fingerprint density at radius 3 is 2.57 bits per heavy atom. The molecule has 0 aromatic heterocycles. The van der Waals surface area contributed by atoms with Crippen LogP contribution in [0.4, 0.5) is 11.4 Å². The van der Waals surface area contributed by atoms with Crippen LogP contribution < -0.4 is 10.1 Å². The summed E-state index contributed by atoms with van der Waals surface area (Å²) in [6.07, 6.45) is 0. The van der Waals surface area contributed by atoms with Gasteiger partial charge in [-0.2, -0.15) is 0 Å². The van der Waals surface area contributed by atoms with Gasteiger partial charge >= 0.3 is 0 Å². The SMILES string of the molecule is COc1ccc(SCC(=O)Nc2cccc([N+](=O)[O-])c2C)cc1. The minimum absolute atomic E-state index is 0.00870. The van der Waals surface area contributed by atoms with Gasteiger partial charge in [0.05, 0.1) is 29.0 Å². The molecule has 0 aliphatic heterocycles. The smallest absolute Gasteiger partial charge is 0.274 e. The van der Waals surface area contributed by atoms with E-state index < -0.39 is 4.92 Å². The number of methoxy groups -OCH3 is 1. The van der Waals surface area contributed by atoms with Crippen molar-refractivity contribution in [2.24, 2.45) is 0 Å². The Morgan fingerprint density at radius 2 is 1.96 bits per heavy atom. The second-order valence-corrected chi connectivity index (χ2v) is 5.77. The first-order valence-electron chi connectivity index (χ1n) is 6.82. The predicted octanol–water partition coefficient (Wildman–Crippen LogP) is 3.64. The van der Waals surface area contributed by atoms with Crippen LogP contribution in [0, 0.1) is 17.0 Å². The molecule has 0 saturated carbocycles. The molecule has 2 aromatic rings. The maximum absolute atomic E-state index is 12.0. The van der Waals surface area contributed by atoms with Crippen molar-refractivity contribution >= 4 is 29.0 Å². The van der Waals surface area contributed by atoms with Gasteiger partial charge in [-0.3, -0.25) is 14.9 Å². The number of hydrogen-bond acceptors (Lipinski definition) is 5. The largest absolute Gasteiger partial charge is 0.497 e. The number of carbonyl (C=O) groups is 1. The molecule has 6 nitrogen and oxygen atoms in total. The summed E-state index contributed by atoms with van der Waals surface area (Å²) in [5.41, 5.74) is 0.894. The van der Waals surface area contributed by atoms with Crippen LogP contribution in [0.3, 0.4) is 0 Å². The molecule has 0 aliphatic rings. The molecule has 120 valence electrons. The number of benzene rings is 2. The van der Waals surface area contributed by atoms with Gasteiger partial charge in [0.25, 0.3) is 5.69 Å². The van der Waals surface area contributed by atoms with E-state index in [4.69, 9.17) is 4.74 Å². The number of ether oxygens (including phenoxy) is 1. The molecule has 0 atom stereocenters. The second kappa shape index (κ2) is 7.64. The third-order valence-corrected chi connectivity index (χ3v) is 4.22. The highest BCUT2D eigenvalue weighted by atomic mass is 32.2. The summed E-state index contributed by atoms with van der Waals surface area (Å²) in [7, 11) is 1.59. The monoisotopic (exact) mass is 332 g/mol. The first kappa shape index (κ1) is 16.8. The minimum atomic E-state index is -0.461. The number of hydrogen-bond donors (Lipinski definition) is 1. The van der Waals surface area contributed by atoms with E-state index in [0.717, 1.165) is 10.6 Å². The van der Waals surface area contributed by atoms with E-state index >= 15 is 0 Å². The van der Waals surface area contributed by atoms with E-state index in [1.54, 1.807) is 26.2 Å². The van der Waals surface area contributed by atoms with Gasteiger partial charge in [0.2, 0.25) is 5.91 Å². The zero-order valence-corrected chi connectivity index (χ0v) is 13.6. The summed E-state index contributed by atoms with van der Waals surface area (Å²) in [6.45, 7) is 1.62. The Hall–Kier alpha value is -2.54. The third-order valence-electron chi connectivity index (χ3n) is 3.21. The minimum Gasteiger partial charge on any atom is -0.497 e. The Labute approximate surface area is 138 Å². The molecule has 2 aromatic carbocycles. The number of nitro groups is 1. The van der Waals surface area contributed by atoms with E-state index in [-0.39, 0.29) is 17.3 Å². The van der Waals surface area contributed by atoms with Crippen LogP contribution >= 0.6 is 11.8 Å². The molecule has 1 N–H and O–H groups in total. The van der Waals surface area contributed by atoms with Crippen LogP contribution in [0.15, 0.2) is 47.4 Å². The van der Waals surface area contributed by atoms with E-state index in [1.807, 2.05) is 24.3 Å². The number of nitrogens with one attached hydrogen (secondary N) is 1. The van der Waals surface area contributed by atoms with Gasteiger partial charge in [0, 0.05) is 11.0 Å². The highest BCUT2D eigenvalue weighted by Gasteiger charge is 2.14. The Kier molecular flexibility index (Phi) is 5.59. The van der Waals surface area contributed by atoms with E-state index in [0.29, 0.717) is 11.3 Å². The van der Waals surface area contributed by atoms with Gasteiger partial charge in [-0.05, 0) is 37.3 Å². The Balaban J connectivity index is 1.97. The average Bonchev–Trinajstić information content (AvgIpc) is 2.55. The van der Waals surface area contributed by atoms with Crippen molar-refractivity contribution in [1.82, 2.24) is 0 Å². The molecular weight excluding hydrogens is 316 g/mol. The Bertz CT molecular complexity index is 717. The molecule has 0 aliphatic carbocycles. The van der Waals surface area contributed by atoms with Crippen LogP contribution in [0.2, 0.25) is 0 Å². The molecule has 2 rings (SSSR count). The fourth-order valence-electron chi connectivity index (χ4n) is 1.96. The van der Waals surface area contributed by atoms with Gasteiger partial charge < -0.3 is 10.1 Å². The first-order chi connectivity index (χ1) is 11.0. The van der Waals surface area contributed by atoms with Crippen molar-refractivity contribution in [3.63, 3.8) is 0 Å². The summed E-state index contributed by atoms with van der Waals surface area (Å²) < 4.78 is 5.07. The maximum Gasteiger partial charge on any atom is 0.274 e. The zero-order valence-electron chi connectivity index (χ0n) is 12.7. The predicted molar refractivity (Wildman–Crippen MR) is 90.2 cm³/mol. The summed E-state index contributed by atoms with van der Waals surface area (Å²) in [4.78, 5) is 23.4. The Morgan fingerprint density at radius 1 is 1.26 bits per heavy atom. The topological polar surface area (TPSA) is 81.5 Å².